The lowest BCUT2D eigenvalue weighted by Gasteiger charge is -2.34. The van der Waals surface area contributed by atoms with Crippen molar-refractivity contribution in [2.45, 2.75) is 26.1 Å². The molecule has 0 N–H and O–H groups in total. The molecule has 1 aliphatic heterocycles. The molecular formula is C27H25ClF3N5O. The Morgan fingerprint density at radius 3 is 2.38 bits per heavy atom. The first-order valence-corrected chi connectivity index (χ1v) is 12.4. The van der Waals surface area contributed by atoms with Crippen LogP contribution < -0.4 is 0 Å². The van der Waals surface area contributed by atoms with Gasteiger partial charge < -0.3 is 4.90 Å². The molecule has 1 aliphatic rings. The van der Waals surface area contributed by atoms with Crippen LogP contribution >= 0.6 is 11.6 Å². The van der Waals surface area contributed by atoms with Gasteiger partial charge in [0.2, 0.25) is 0 Å². The Morgan fingerprint density at radius 2 is 1.73 bits per heavy atom. The predicted molar refractivity (Wildman–Crippen MR) is 135 cm³/mol. The van der Waals surface area contributed by atoms with Gasteiger partial charge in [0, 0.05) is 43.3 Å². The third-order valence-corrected chi connectivity index (χ3v) is 6.84. The average Bonchev–Trinajstić information content (AvgIpc) is 3.31. The number of rotatable bonds is 5. The number of carbonyl (C=O) groups excluding carboxylic acids is 1. The van der Waals surface area contributed by atoms with E-state index < -0.39 is 11.9 Å². The number of benzene rings is 2. The van der Waals surface area contributed by atoms with Gasteiger partial charge in [-0.1, -0.05) is 54.9 Å². The van der Waals surface area contributed by atoms with Gasteiger partial charge >= 0.3 is 6.18 Å². The maximum absolute atomic E-state index is 13.9. The van der Waals surface area contributed by atoms with Crippen molar-refractivity contribution >= 4 is 23.2 Å². The van der Waals surface area contributed by atoms with E-state index in [4.69, 9.17) is 11.6 Å². The fraction of sp³-hybridized carbons (Fsp3) is 0.296. The van der Waals surface area contributed by atoms with E-state index in [9.17, 15) is 18.0 Å². The Morgan fingerprint density at radius 1 is 1.00 bits per heavy atom. The van der Waals surface area contributed by atoms with E-state index in [1.165, 1.54) is 6.20 Å². The van der Waals surface area contributed by atoms with Crippen LogP contribution in [0.15, 0.2) is 60.8 Å². The lowest BCUT2D eigenvalue weighted by Crippen LogP contribution is -2.48. The zero-order valence-corrected chi connectivity index (χ0v) is 20.9. The average molecular weight is 528 g/mol. The number of amides is 1. The van der Waals surface area contributed by atoms with Crippen LogP contribution in [0.1, 0.15) is 34.1 Å². The van der Waals surface area contributed by atoms with Crippen molar-refractivity contribution in [2.24, 2.45) is 0 Å². The summed E-state index contributed by atoms with van der Waals surface area (Å²) >= 11 is 6.08. The molecule has 10 heteroatoms. The number of alkyl halides is 3. The highest BCUT2D eigenvalue weighted by molar-refractivity contribution is 6.30. The van der Waals surface area contributed by atoms with E-state index in [1.54, 1.807) is 17.0 Å². The standard InChI is InChI=1S/C27H25ClF3N5O/c1-2-18-6-8-20(9-7-18)23-15-24(27(29,30)31)36-25(33-23)22(16-32-36)26(37)35-12-10-34(11-13-35)17-19-4-3-5-21(28)14-19/h3-9,14-16H,2,10-13,17H2,1H3. The van der Waals surface area contributed by atoms with Gasteiger partial charge in [-0.05, 0) is 35.7 Å². The summed E-state index contributed by atoms with van der Waals surface area (Å²) in [4.78, 5) is 21.7. The third kappa shape index (κ3) is 5.33. The fourth-order valence-electron chi connectivity index (χ4n) is 4.55. The molecule has 0 aliphatic carbocycles. The highest BCUT2D eigenvalue weighted by atomic mass is 35.5. The highest BCUT2D eigenvalue weighted by Gasteiger charge is 2.36. The molecule has 1 fully saturated rings. The largest absolute Gasteiger partial charge is 0.433 e. The smallest absolute Gasteiger partial charge is 0.336 e. The van der Waals surface area contributed by atoms with Crippen LogP contribution in [0.25, 0.3) is 16.9 Å². The SMILES string of the molecule is CCc1ccc(-c2cc(C(F)(F)F)n3ncc(C(=O)N4CCN(Cc5cccc(Cl)c5)CC4)c3n2)cc1. The van der Waals surface area contributed by atoms with Crippen molar-refractivity contribution in [3.05, 3.63) is 88.2 Å². The summed E-state index contributed by atoms with van der Waals surface area (Å²) in [5, 5.41) is 4.58. The molecule has 0 spiro atoms. The number of aromatic nitrogens is 3. The van der Waals surface area contributed by atoms with Crippen LogP contribution in [0.4, 0.5) is 13.2 Å². The molecule has 192 valence electrons. The van der Waals surface area contributed by atoms with E-state index >= 15 is 0 Å². The van der Waals surface area contributed by atoms with Crippen molar-refractivity contribution in [2.75, 3.05) is 26.2 Å². The van der Waals surface area contributed by atoms with Crippen LogP contribution in [0.2, 0.25) is 5.02 Å². The fourth-order valence-corrected chi connectivity index (χ4v) is 4.76. The van der Waals surface area contributed by atoms with Gasteiger partial charge in [0.15, 0.2) is 11.3 Å². The minimum atomic E-state index is -4.67. The van der Waals surface area contributed by atoms with Crippen LogP contribution in [-0.2, 0) is 19.1 Å². The summed E-state index contributed by atoms with van der Waals surface area (Å²) in [5.41, 5.74) is 1.81. The van der Waals surface area contributed by atoms with Gasteiger partial charge in [-0.15, -0.1) is 0 Å². The maximum Gasteiger partial charge on any atom is 0.433 e. The number of hydrogen-bond acceptors (Lipinski definition) is 4. The van der Waals surface area contributed by atoms with Crippen molar-refractivity contribution in [3.8, 4) is 11.3 Å². The lowest BCUT2D eigenvalue weighted by molar-refractivity contribution is -0.142. The summed E-state index contributed by atoms with van der Waals surface area (Å²) < 4.78 is 42.6. The van der Waals surface area contributed by atoms with Crippen LogP contribution in [0.3, 0.4) is 0 Å². The minimum absolute atomic E-state index is 0.0563. The molecule has 4 aromatic rings. The Bertz CT molecular complexity index is 1430. The molecule has 37 heavy (non-hydrogen) atoms. The summed E-state index contributed by atoms with van der Waals surface area (Å²) in [6.07, 6.45) is -2.67. The monoisotopic (exact) mass is 527 g/mol. The van der Waals surface area contributed by atoms with Gasteiger partial charge in [0.1, 0.15) is 5.56 Å². The summed E-state index contributed by atoms with van der Waals surface area (Å²) in [5.74, 6) is -0.378. The molecule has 0 unspecified atom stereocenters. The Balaban J connectivity index is 1.41. The van der Waals surface area contributed by atoms with E-state index in [2.05, 4.69) is 15.0 Å². The normalized spacial score (nSPS) is 14.9. The molecule has 0 radical (unpaired) electrons. The second kappa shape index (κ2) is 10.1. The number of aryl methyl sites for hydroxylation is 1. The Labute approximate surface area is 217 Å². The molecule has 3 heterocycles. The quantitative estimate of drug-likeness (QED) is 0.339. The van der Waals surface area contributed by atoms with Crippen LogP contribution in [0, 0.1) is 0 Å². The van der Waals surface area contributed by atoms with Gasteiger partial charge in [-0.2, -0.15) is 18.3 Å². The Kier molecular flexibility index (Phi) is 6.92. The molecule has 6 nitrogen and oxygen atoms in total. The highest BCUT2D eigenvalue weighted by Crippen LogP contribution is 2.33. The molecular weight excluding hydrogens is 503 g/mol. The predicted octanol–water partition coefficient (Wildman–Crippen LogP) is 5.59. The van der Waals surface area contributed by atoms with Crippen molar-refractivity contribution < 1.29 is 18.0 Å². The van der Waals surface area contributed by atoms with E-state index in [0.29, 0.717) is 47.8 Å². The minimum Gasteiger partial charge on any atom is -0.336 e. The van der Waals surface area contributed by atoms with Gasteiger partial charge in [-0.25, -0.2) is 9.50 Å². The number of fused-ring (bicyclic) bond motifs is 1. The lowest BCUT2D eigenvalue weighted by atomic mass is 10.1. The third-order valence-electron chi connectivity index (χ3n) is 6.61. The molecule has 2 aromatic carbocycles. The summed E-state index contributed by atoms with van der Waals surface area (Å²) in [6.45, 7) is 4.86. The first-order valence-electron chi connectivity index (χ1n) is 12.0. The zero-order chi connectivity index (χ0) is 26.2. The number of piperazine rings is 1. The first kappa shape index (κ1) is 25.2. The summed E-state index contributed by atoms with van der Waals surface area (Å²) in [6, 6.07) is 15.8. The number of carbonyl (C=O) groups is 1. The molecule has 0 atom stereocenters. The number of nitrogens with zero attached hydrogens (tertiary/aromatic N) is 5. The van der Waals surface area contributed by atoms with Crippen molar-refractivity contribution in [1.29, 1.82) is 0 Å². The Hall–Kier alpha value is -3.43. The summed E-state index contributed by atoms with van der Waals surface area (Å²) in [7, 11) is 0. The molecule has 0 bridgehead atoms. The van der Waals surface area contributed by atoms with E-state index in [0.717, 1.165) is 23.6 Å². The number of halogens is 4. The second-order valence-electron chi connectivity index (χ2n) is 9.07. The van der Waals surface area contributed by atoms with Crippen LogP contribution in [0.5, 0.6) is 0 Å². The van der Waals surface area contributed by atoms with E-state index in [-0.39, 0.29) is 22.8 Å². The van der Waals surface area contributed by atoms with Crippen molar-refractivity contribution in [1.82, 2.24) is 24.4 Å². The topological polar surface area (TPSA) is 53.7 Å². The number of hydrogen-bond donors (Lipinski definition) is 0. The first-order chi connectivity index (χ1) is 17.7. The van der Waals surface area contributed by atoms with Gasteiger partial charge in [0.05, 0.1) is 11.9 Å². The van der Waals surface area contributed by atoms with Gasteiger partial charge in [0.25, 0.3) is 5.91 Å². The van der Waals surface area contributed by atoms with E-state index in [1.807, 2.05) is 43.3 Å². The zero-order valence-electron chi connectivity index (χ0n) is 20.2. The molecule has 0 saturated carbocycles. The molecule has 1 amide bonds. The molecule has 5 rings (SSSR count). The molecule has 1 saturated heterocycles. The van der Waals surface area contributed by atoms with Crippen LogP contribution in [-0.4, -0.2) is 56.5 Å². The van der Waals surface area contributed by atoms with Crippen molar-refractivity contribution in [3.63, 3.8) is 0 Å². The maximum atomic E-state index is 13.9. The second-order valence-corrected chi connectivity index (χ2v) is 9.50. The van der Waals surface area contributed by atoms with Gasteiger partial charge in [-0.3, -0.25) is 9.69 Å². The molecule has 2 aromatic heterocycles.